The first-order valence-electron chi connectivity index (χ1n) is 12.9. The van der Waals surface area contributed by atoms with Crippen molar-refractivity contribution in [2.24, 2.45) is 0 Å². The summed E-state index contributed by atoms with van der Waals surface area (Å²) in [5.74, 6) is 1.96. The van der Waals surface area contributed by atoms with Crippen molar-refractivity contribution in [3.8, 4) is 23.0 Å². The van der Waals surface area contributed by atoms with Crippen molar-refractivity contribution in [3.63, 3.8) is 0 Å². The lowest BCUT2D eigenvalue weighted by atomic mass is 10.0. The van der Waals surface area contributed by atoms with Gasteiger partial charge >= 0.3 is 0 Å². The highest BCUT2D eigenvalue weighted by molar-refractivity contribution is 5.49. The average Bonchev–Trinajstić information content (AvgIpc) is 2.94. The summed E-state index contributed by atoms with van der Waals surface area (Å²) in [5, 5.41) is 18.9. The van der Waals surface area contributed by atoms with Crippen LogP contribution in [0.25, 0.3) is 0 Å². The molecule has 4 aromatic carbocycles. The van der Waals surface area contributed by atoms with Crippen LogP contribution >= 0.6 is 0 Å². The Bertz CT molecular complexity index is 1230. The van der Waals surface area contributed by atoms with E-state index in [9.17, 15) is 10.2 Å². The van der Waals surface area contributed by atoms with Gasteiger partial charge in [-0.25, -0.2) is 0 Å². The highest BCUT2D eigenvalue weighted by Gasteiger charge is 2.16. The highest BCUT2D eigenvalue weighted by atomic mass is 16.5. The molecule has 6 nitrogen and oxygen atoms in total. The van der Waals surface area contributed by atoms with Crippen LogP contribution < -0.4 is 19.3 Å². The second-order valence-electron chi connectivity index (χ2n) is 9.35. The molecular formula is C32H36N2O4. The van der Waals surface area contributed by atoms with E-state index < -0.39 is 0 Å². The van der Waals surface area contributed by atoms with Crippen molar-refractivity contribution in [1.29, 1.82) is 0 Å². The Kier molecular flexibility index (Phi) is 9.35. The van der Waals surface area contributed by atoms with Gasteiger partial charge in [0.1, 0.15) is 36.2 Å². The molecule has 0 amide bonds. The van der Waals surface area contributed by atoms with Crippen molar-refractivity contribution in [3.05, 3.63) is 109 Å². The number of ether oxygens (including phenoxy) is 2. The van der Waals surface area contributed by atoms with Gasteiger partial charge in [0.2, 0.25) is 0 Å². The van der Waals surface area contributed by atoms with Gasteiger partial charge < -0.3 is 29.5 Å². The minimum atomic E-state index is 0.233. The Morgan fingerprint density at radius 3 is 1.71 bits per heavy atom. The SMILES string of the molecule is CC(Cc1ccc(N(C)CCOc2ccc(O)cc2)cc1)N(CCOc1ccc(O)cc1)c1ccccc1. The molecule has 0 saturated carbocycles. The molecule has 0 radical (unpaired) electrons. The van der Waals surface area contributed by atoms with Gasteiger partial charge in [-0.05, 0) is 91.7 Å². The van der Waals surface area contributed by atoms with E-state index in [1.807, 2.05) is 6.07 Å². The van der Waals surface area contributed by atoms with Crippen LogP contribution in [0.1, 0.15) is 12.5 Å². The smallest absolute Gasteiger partial charge is 0.119 e. The fourth-order valence-corrected chi connectivity index (χ4v) is 4.34. The van der Waals surface area contributed by atoms with Gasteiger partial charge in [-0.15, -0.1) is 0 Å². The molecule has 2 N–H and O–H groups in total. The maximum Gasteiger partial charge on any atom is 0.119 e. The molecule has 0 saturated heterocycles. The number of nitrogens with zero attached hydrogens (tertiary/aromatic N) is 2. The molecule has 1 unspecified atom stereocenters. The normalized spacial score (nSPS) is 11.5. The number of hydrogen-bond donors (Lipinski definition) is 2. The van der Waals surface area contributed by atoms with Crippen LogP contribution in [-0.2, 0) is 6.42 Å². The molecule has 0 aromatic heterocycles. The minimum absolute atomic E-state index is 0.233. The summed E-state index contributed by atoms with van der Waals surface area (Å²) in [6.07, 6.45) is 0.905. The summed E-state index contributed by atoms with van der Waals surface area (Å²) in [5.41, 5.74) is 3.58. The van der Waals surface area contributed by atoms with Gasteiger partial charge in [-0.3, -0.25) is 0 Å². The second-order valence-corrected chi connectivity index (χ2v) is 9.35. The first-order chi connectivity index (χ1) is 18.5. The fourth-order valence-electron chi connectivity index (χ4n) is 4.34. The van der Waals surface area contributed by atoms with E-state index in [1.54, 1.807) is 48.5 Å². The third kappa shape index (κ3) is 7.84. The molecule has 6 heteroatoms. The summed E-state index contributed by atoms with van der Waals surface area (Å²) >= 11 is 0. The number of aromatic hydroxyl groups is 2. The van der Waals surface area contributed by atoms with E-state index in [0.29, 0.717) is 13.2 Å². The van der Waals surface area contributed by atoms with Gasteiger partial charge in [-0.1, -0.05) is 30.3 Å². The average molecular weight is 513 g/mol. The Balaban J connectivity index is 1.31. The van der Waals surface area contributed by atoms with Crippen LogP contribution in [-0.4, -0.2) is 49.6 Å². The van der Waals surface area contributed by atoms with Crippen LogP contribution in [0.2, 0.25) is 0 Å². The number of hydrogen-bond acceptors (Lipinski definition) is 6. The van der Waals surface area contributed by atoms with Gasteiger partial charge in [0, 0.05) is 24.5 Å². The number of benzene rings is 4. The summed E-state index contributed by atoms with van der Waals surface area (Å²) in [6, 6.07) is 33.0. The molecule has 0 heterocycles. The number of phenols is 2. The third-order valence-electron chi connectivity index (χ3n) is 6.50. The molecule has 0 aliphatic rings. The number of para-hydroxylation sites is 1. The van der Waals surface area contributed by atoms with E-state index in [4.69, 9.17) is 9.47 Å². The molecule has 0 aliphatic carbocycles. The predicted octanol–water partition coefficient (Wildman–Crippen LogP) is 6.13. The number of rotatable bonds is 13. The molecular weight excluding hydrogens is 476 g/mol. The molecule has 0 fully saturated rings. The molecule has 0 bridgehead atoms. The number of phenolic OH excluding ortho intramolecular Hbond substituents is 2. The van der Waals surface area contributed by atoms with Crippen LogP contribution in [0.15, 0.2) is 103 Å². The zero-order valence-electron chi connectivity index (χ0n) is 22.0. The lowest BCUT2D eigenvalue weighted by Gasteiger charge is -2.31. The highest BCUT2D eigenvalue weighted by Crippen LogP contribution is 2.22. The maximum absolute atomic E-state index is 9.49. The quantitative estimate of drug-likeness (QED) is 0.225. The Morgan fingerprint density at radius 2 is 1.16 bits per heavy atom. The predicted molar refractivity (Wildman–Crippen MR) is 154 cm³/mol. The lowest BCUT2D eigenvalue weighted by molar-refractivity contribution is 0.319. The summed E-state index contributed by atoms with van der Waals surface area (Å²) in [6.45, 7) is 4.83. The van der Waals surface area contributed by atoms with Gasteiger partial charge in [0.05, 0.1) is 13.1 Å². The zero-order valence-corrected chi connectivity index (χ0v) is 22.0. The van der Waals surface area contributed by atoms with Crippen molar-refractivity contribution < 1.29 is 19.7 Å². The van der Waals surface area contributed by atoms with E-state index in [0.717, 1.165) is 36.7 Å². The van der Waals surface area contributed by atoms with Crippen molar-refractivity contribution in [1.82, 2.24) is 0 Å². The summed E-state index contributed by atoms with van der Waals surface area (Å²) < 4.78 is 11.7. The monoisotopic (exact) mass is 512 g/mol. The van der Waals surface area contributed by atoms with Gasteiger partial charge in [0.25, 0.3) is 0 Å². The Morgan fingerprint density at radius 1 is 0.632 bits per heavy atom. The third-order valence-corrected chi connectivity index (χ3v) is 6.50. The molecule has 0 aliphatic heterocycles. The van der Waals surface area contributed by atoms with Crippen molar-refractivity contribution >= 4 is 11.4 Å². The standard InChI is InChI=1S/C32H36N2O4/c1-25(34(28-6-4-3-5-7-28)21-23-38-32-18-14-30(36)15-19-32)24-26-8-10-27(11-9-26)33(2)20-22-37-31-16-12-29(35)13-17-31/h3-19,25,35-36H,20-24H2,1-2H3. The van der Waals surface area contributed by atoms with Crippen molar-refractivity contribution in [2.45, 2.75) is 19.4 Å². The first kappa shape index (κ1) is 26.7. The minimum Gasteiger partial charge on any atom is -0.508 e. The van der Waals surface area contributed by atoms with Gasteiger partial charge in [-0.2, -0.15) is 0 Å². The summed E-state index contributed by atoms with van der Waals surface area (Å²) in [4.78, 5) is 4.55. The topological polar surface area (TPSA) is 65.4 Å². The van der Waals surface area contributed by atoms with Crippen LogP contribution in [0.5, 0.6) is 23.0 Å². The van der Waals surface area contributed by atoms with E-state index in [-0.39, 0.29) is 17.5 Å². The second kappa shape index (κ2) is 13.3. The number of anilines is 2. The molecule has 198 valence electrons. The van der Waals surface area contributed by atoms with E-state index >= 15 is 0 Å². The fraction of sp³-hybridized carbons (Fsp3) is 0.250. The largest absolute Gasteiger partial charge is 0.508 e. The molecule has 4 rings (SSSR count). The first-order valence-corrected chi connectivity index (χ1v) is 12.9. The number of likely N-dealkylation sites (N-methyl/N-ethyl adjacent to an activating group) is 1. The molecule has 4 aromatic rings. The molecule has 0 spiro atoms. The van der Waals surface area contributed by atoms with E-state index in [1.165, 1.54) is 11.3 Å². The van der Waals surface area contributed by atoms with E-state index in [2.05, 4.69) is 72.3 Å². The van der Waals surface area contributed by atoms with Crippen LogP contribution in [0.3, 0.4) is 0 Å². The molecule has 1 atom stereocenters. The van der Waals surface area contributed by atoms with Crippen molar-refractivity contribution in [2.75, 3.05) is 43.2 Å². The lowest BCUT2D eigenvalue weighted by Crippen LogP contribution is -2.37. The Labute approximate surface area is 225 Å². The van der Waals surface area contributed by atoms with Gasteiger partial charge in [0.15, 0.2) is 0 Å². The van der Waals surface area contributed by atoms with Crippen LogP contribution in [0.4, 0.5) is 11.4 Å². The zero-order chi connectivity index (χ0) is 26.7. The summed E-state index contributed by atoms with van der Waals surface area (Å²) in [7, 11) is 2.06. The van der Waals surface area contributed by atoms with Crippen LogP contribution in [0, 0.1) is 0 Å². The molecule has 38 heavy (non-hydrogen) atoms. The maximum atomic E-state index is 9.49. The Hall–Kier alpha value is -4.32.